The quantitative estimate of drug-likeness (QED) is 0.783. The van der Waals surface area contributed by atoms with Crippen LogP contribution in [0.25, 0.3) is 0 Å². The van der Waals surface area contributed by atoms with Crippen molar-refractivity contribution in [3.63, 3.8) is 0 Å². The lowest BCUT2D eigenvalue weighted by atomic mass is 9.66. The van der Waals surface area contributed by atoms with E-state index in [-0.39, 0.29) is 11.7 Å². The van der Waals surface area contributed by atoms with Crippen molar-refractivity contribution in [3.8, 4) is 11.5 Å². The molecule has 0 aromatic heterocycles. The summed E-state index contributed by atoms with van der Waals surface area (Å²) in [5.74, 6) is 0.956. The first-order chi connectivity index (χ1) is 13.9. The molecule has 1 spiro atoms. The van der Waals surface area contributed by atoms with Gasteiger partial charge in [0, 0.05) is 32.6 Å². The predicted molar refractivity (Wildman–Crippen MR) is 104 cm³/mol. The molecule has 156 valence electrons. The van der Waals surface area contributed by atoms with Crippen LogP contribution in [0.2, 0.25) is 0 Å². The maximum atomic E-state index is 12.3. The second-order valence-corrected chi connectivity index (χ2v) is 7.87. The molecule has 1 aromatic carbocycles. The molecule has 4 aliphatic rings. The molecule has 1 aromatic rings. The summed E-state index contributed by atoms with van der Waals surface area (Å²) < 4.78 is 28.7. The number of ketones is 1. The number of methoxy groups -OCH3 is 4. The summed E-state index contributed by atoms with van der Waals surface area (Å²) in [5, 5.41) is 10.4. The first-order valence-electron chi connectivity index (χ1n) is 9.53. The topological polar surface area (TPSA) is 83.5 Å². The van der Waals surface area contributed by atoms with Crippen molar-refractivity contribution in [3.05, 3.63) is 46.9 Å². The molecule has 2 heterocycles. The molecule has 7 nitrogen and oxygen atoms in total. The standard InChI is InChI=1S/C22H26O7/c1-25-11-14-9-21-10-17(24)16(23)7-20(21)29-22(14,12-26-2)8-13-5-18(27-3)19(28-4)6-15(13)21/h5-7,10,14,24H,8-9,11-12H2,1-4H3/t14-,21?,22-/m0/s1. The van der Waals surface area contributed by atoms with Gasteiger partial charge in [-0.15, -0.1) is 0 Å². The van der Waals surface area contributed by atoms with E-state index in [9.17, 15) is 9.90 Å². The normalized spacial score (nSPS) is 29.8. The van der Waals surface area contributed by atoms with Gasteiger partial charge in [-0.2, -0.15) is 0 Å². The number of carbonyl (C=O) groups is 1. The molecular formula is C22H26O7. The highest BCUT2D eigenvalue weighted by Crippen LogP contribution is 2.57. The monoisotopic (exact) mass is 402 g/mol. The number of ether oxygens (including phenoxy) is 5. The van der Waals surface area contributed by atoms with Gasteiger partial charge in [-0.1, -0.05) is 0 Å². The van der Waals surface area contributed by atoms with Crippen LogP contribution in [0.3, 0.4) is 0 Å². The Kier molecular flexibility index (Phi) is 4.83. The van der Waals surface area contributed by atoms with Gasteiger partial charge in [0.05, 0.1) is 32.8 Å². The van der Waals surface area contributed by atoms with Crippen LogP contribution in [0.15, 0.2) is 35.8 Å². The second-order valence-electron chi connectivity index (χ2n) is 7.87. The number of aliphatic hydroxyl groups excluding tert-OH is 1. The Labute approximate surface area is 169 Å². The van der Waals surface area contributed by atoms with Crippen LogP contribution in [0.5, 0.6) is 11.5 Å². The van der Waals surface area contributed by atoms with E-state index < -0.39 is 16.8 Å². The van der Waals surface area contributed by atoms with Gasteiger partial charge in [0.2, 0.25) is 5.78 Å². The van der Waals surface area contributed by atoms with E-state index in [2.05, 4.69) is 0 Å². The average molecular weight is 402 g/mol. The molecule has 3 atom stereocenters. The van der Waals surface area contributed by atoms with E-state index in [1.807, 2.05) is 12.1 Å². The Balaban J connectivity index is 2.01. The third kappa shape index (κ3) is 2.83. The fraction of sp³-hybridized carbons (Fsp3) is 0.500. The molecule has 1 N–H and O–H groups in total. The van der Waals surface area contributed by atoms with Crippen LogP contribution in [0.4, 0.5) is 0 Å². The molecule has 0 radical (unpaired) electrons. The number of fused-ring (bicyclic) bond motifs is 1. The zero-order valence-corrected chi connectivity index (χ0v) is 17.1. The van der Waals surface area contributed by atoms with Gasteiger partial charge in [-0.05, 0) is 35.8 Å². The summed E-state index contributed by atoms with van der Waals surface area (Å²) in [6.45, 7) is 0.801. The molecule has 1 saturated heterocycles. The zero-order valence-electron chi connectivity index (χ0n) is 17.1. The number of aliphatic hydroxyl groups is 1. The summed E-state index contributed by atoms with van der Waals surface area (Å²) in [6, 6.07) is 3.87. The molecule has 0 saturated carbocycles. The lowest BCUT2D eigenvalue weighted by Crippen LogP contribution is -2.54. The Morgan fingerprint density at radius 3 is 2.52 bits per heavy atom. The molecule has 5 rings (SSSR count). The number of allylic oxidation sites excluding steroid dienone is 2. The van der Waals surface area contributed by atoms with Crippen LogP contribution in [-0.2, 0) is 30.8 Å². The SMILES string of the molecule is COC[C@@H]1CC23C=C(O)C(=O)C=C2O[C@]1(COC)Cc1cc(OC)c(OC)cc13. The third-order valence-electron chi connectivity index (χ3n) is 6.30. The van der Waals surface area contributed by atoms with Crippen molar-refractivity contribution in [2.45, 2.75) is 23.9 Å². The molecule has 7 heteroatoms. The van der Waals surface area contributed by atoms with Gasteiger partial charge < -0.3 is 28.8 Å². The van der Waals surface area contributed by atoms with Crippen LogP contribution in [-0.4, -0.2) is 58.1 Å². The first kappa shape index (κ1) is 19.8. The van der Waals surface area contributed by atoms with Crippen LogP contribution >= 0.6 is 0 Å². The molecule has 2 aliphatic carbocycles. The van der Waals surface area contributed by atoms with Gasteiger partial charge in [0.15, 0.2) is 17.3 Å². The highest BCUT2D eigenvalue weighted by atomic mass is 16.5. The first-order valence-corrected chi connectivity index (χ1v) is 9.53. The highest BCUT2D eigenvalue weighted by molar-refractivity contribution is 6.04. The molecule has 2 aliphatic heterocycles. The Hall–Kier alpha value is -2.51. The van der Waals surface area contributed by atoms with Crippen LogP contribution < -0.4 is 9.47 Å². The van der Waals surface area contributed by atoms with Crippen molar-refractivity contribution in [2.75, 3.05) is 41.7 Å². The van der Waals surface area contributed by atoms with E-state index in [0.717, 1.165) is 11.1 Å². The molecule has 2 bridgehead atoms. The number of carbonyl (C=O) groups excluding carboxylic acids is 1. The van der Waals surface area contributed by atoms with Crippen LogP contribution in [0, 0.1) is 5.92 Å². The van der Waals surface area contributed by atoms with Gasteiger partial charge in [0.25, 0.3) is 0 Å². The minimum Gasteiger partial charge on any atom is -0.504 e. The molecule has 0 amide bonds. The molecule has 29 heavy (non-hydrogen) atoms. The van der Waals surface area contributed by atoms with E-state index in [1.54, 1.807) is 34.5 Å². The summed E-state index contributed by atoms with van der Waals surface area (Å²) in [6.07, 6.45) is 4.16. The van der Waals surface area contributed by atoms with E-state index >= 15 is 0 Å². The third-order valence-corrected chi connectivity index (χ3v) is 6.30. The minimum atomic E-state index is -0.788. The van der Waals surface area contributed by atoms with E-state index in [1.165, 1.54) is 6.08 Å². The van der Waals surface area contributed by atoms with Crippen molar-refractivity contribution >= 4 is 5.78 Å². The number of benzene rings is 1. The van der Waals surface area contributed by atoms with Gasteiger partial charge in [-0.3, -0.25) is 4.79 Å². The predicted octanol–water partition coefficient (Wildman–Crippen LogP) is 2.47. The Morgan fingerprint density at radius 2 is 1.86 bits per heavy atom. The fourth-order valence-electron chi connectivity index (χ4n) is 5.01. The molecule has 1 unspecified atom stereocenters. The van der Waals surface area contributed by atoms with Gasteiger partial charge >= 0.3 is 0 Å². The van der Waals surface area contributed by atoms with Gasteiger partial charge in [-0.25, -0.2) is 0 Å². The second kappa shape index (κ2) is 7.07. The molecule has 1 fully saturated rings. The lowest BCUT2D eigenvalue weighted by molar-refractivity contribution is -0.143. The maximum Gasteiger partial charge on any atom is 0.223 e. The summed E-state index contributed by atoms with van der Waals surface area (Å²) in [7, 11) is 6.47. The number of rotatable bonds is 6. The largest absolute Gasteiger partial charge is 0.504 e. The summed E-state index contributed by atoms with van der Waals surface area (Å²) >= 11 is 0. The average Bonchev–Trinajstić information content (AvgIpc) is 2.87. The smallest absolute Gasteiger partial charge is 0.223 e. The van der Waals surface area contributed by atoms with Crippen LogP contribution in [0.1, 0.15) is 17.5 Å². The number of hydrogen-bond acceptors (Lipinski definition) is 7. The Morgan fingerprint density at radius 1 is 1.14 bits per heavy atom. The zero-order chi connectivity index (χ0) is 20.8. The highest BCUT2D eigenvalue weighted by Gasteiger charge is 2.59. The number of hydrogen-bond donors (Lipinski definition) is 1. The summed E-state index contributed by atoms with van der Waals surface area (Å²) in [5.41, 5.74) is 0.438. The fourth-order valence-corrected chi connectivity index (χ4v) is 5.01. The van der Waals surface area contributed by atoms with Crippen molar-refractivity contribution in [1.82, 2.24) is 0 Å². The minimum absolute atomic E-state index is 0.0220. The summed E-state index contributed by atoms with van der Waals surface area (Å²) in [4.78, 5) is 12.3. The molecular weight excluding hydrogens is 376 g/mol. The Bertz CT molecular complexity index is 903. The lowest BCUT2D eigenvalue weighted by Gasteiger charge is -2.49. The van der Waals surface area contributed by atoms with Gasteiger partial charge in [0.1, 0.15) is 11.4 Å². The van der Waals surface area contributed by atoms with Crippen molar-refractivity contribution < 1.29 is 33.6 Å². The van der Waals surface area contributed by atoms with Crippen molar-refractivity contribution in [2.24, 2.45) is 5.92 Å². The van der Waals surface area contributed by atoms with Crippen molar-refractivity contribution in [1.29, 1.82) is 0 Å². The maximum absolute atomic E-state index is 12.3. The van der Waals surface area contributed by atoms with E-state index in [0.29, 0.717) is 43.3 Å². The van der Waals surface area contributed by atoms with E-state index in [4.69, 9.17) is 23.7 Å².